The van der Waals surface area contributed by atoms with Gasteiger partial charge in [0, 0.05) is 11.1 Å². The first-order valence-electron chi connectivity index (χ1n) is 10.6. The fourth-order valence-corrected chi connectivity index (χ4v) is 3.31. The van der Waals surface area contributed by atoms with Gasteiger partial charge in [-0.25, -0.2) is 4.79 Å². The summed E-state index contributed by atoms with van der Waals surface area (Å²) < 4.78 is 10.6. The Bertz CT molecular complexity index is 1190. The summed E-state index contributed by atoms with van der Waals surface area (Å²) in [6.07, 6.45) is -1.80. The van der Waals surface area contributed by atoms with E-state index >= 15 is 0 Å². The molecule has 0 heterocycles. The van der Waals surface area contributed by atoms with Gasteiger partial charge in [-0.05, 0) is 48.4 Å². The van der Waals surface area contributed by atoms with Crippen molar-refractivity contribution in [3.8, 4) is 11.5 Å². The fraction of sp³-hybridized carbons (Fsp3) is 0.154. The predicted molar refractivity (Wildman–Crippen MR) is 129 cm³/mol. The number of carbonyl (C=O) groups is 3. The molecule has 3 rings (SSSR count). The van der Waals surface area contributed by atoms with Crippen LogP contribution >= 0.6 is 0 Å². The Labute approximate surface area is 202 Å². The number of Topliss-reactive ketones (excluding diaryl/α,β-unsaturated/α-hetero) is 1. The lowest BCUT2D eigenvalue weighted by Gasteiger charge is -2.22. The summed E-state index contributed by atoms with van der Waals surface area (Å²) in [6.45, 7) is 0. The number of hydrogen-bond donors (Lipinski definition) is 4. The molecule has 3 aromatic carbocycles. The molecule has 0 aliphatic heterocycles. The van der Waals surface area contributed by atoms with E-state index < -0.39 is 29.8 Å². The maximum atomic E-state index is 13.3. The van der Waals surface area contributed by atoms with E-state index in [0.717, 1.165) is 0 Å². The van der Waals surface area contributed by atoms with Crippen LogP contribution in [0.3, 0.4) is 0 Å². The van der Waals surface area contributed by atoms with Gasteiger partial charge in [0.15, 0.2) is 0 Å². The van der Waals surface area contributed by atoms with E-state index in [2.05, 4.69) is 5.32 Å². The third-order valence-corrected chi connectivity index (χ3v) is 5.19. The molecular formula is C26H25N3O6. The van der Waals surface area contributed by atoms with Crippen molar-refractivity contribution in [2.75, 3.05) is 7.11 Å². The Kier molecular flexibility index (Phi) is 8.18. The number of carboxylic acids is 1. The number of ether oxygens (including phenoxy) is 2. The van der Waals surface area contributed by atoms with Crippen molar-refractivity contribution in [1.29, 1.82) is 5.41 Å². The lowest BCUT2D eigenvalue weighted by molar-refractivity contribution is -0.151. The fourth-order valence-electron chi connectivity index (χ4n) is 3.31. The number of nitrogens with two attached hydrogens (primary N) is 1. The number of aliphatic carboxylic acids is 1. The number of hydrogen-bond acceptors (Lipinski definition) is 6. The van der Waals surface area contributed by atoms with Gasteiger partial charge in [0.1, 0.15) is 17.3 Å². The third kappa shape index (κ3) is 6.67. The molecule has 0 aromatic heterocycles. The van der Waals surface area contributed by atoms with E-state index in [1.54, 1.807) is 42.5 Å². The van der Waals surface area contributed by atoms with Crippen molar-refractivity contribution in [2.45, 2.75) is 18.6 Å². The molecule has 2 atom stereocenters. The number of carboxylic acid groups (broad SMARTS) is 1. The van der Waals surface area contributed by atoms with Gasteiger partial charge in [-0.15, -0.1) is 0 Å². The molecule has 1 amide bonds. The van der Waals surface area contributed by atoms with Gasteiger partial charge in [0.05, 0.1) is 13.2 Å². The highest BCUT2D eigenvalue weighted by molar-refractivity contribution is 6.07. The number of amides is 1. The molecule has 180 valence electrons. The number of nitrogens with one attached hydrogen (secondary N) is 2. The van der Waals surface area contributed by atoms with Crippen molar-refractivity contribution in [1.82, 2.24) is 5.32 Å². The Morgan fingerprint density at radius 1 is 0.914 bits per heavy atom. The van der Waals surface area contributed by atoms with Crippen LogP contribution in [0.2, 0.25) is 0 Å². The molecule has 0 spiro atoms. The number of methoxy groups -OCH3 is 1. The summed E-state index contributed by atoms with van der Waals surface area (Å²) >= 11 is 0. The van der Waals surface area contributed by atoms with Crippen LogP contribution in [-0.2, 0) is 16.0 Å². The summed E-state index contributed by atoms with van der Waals surface area (Å²) in [6, 6.07) is 19.7. The van der Waals surface area contributed by atoms with Crippen LogP contribution < -0.4 is 20.5 Å². The zero-order valence-corrected chi connectivity index (χ0v) is 18.9. The van der Waals surface area contributed by atoms with E-state index in [-0.39, 0.29) is 23.6 Å². The second kappa shape index (κ2) is 11.5. The SMILES string of the molecule is COc1ccc(CC(NC(=O)c2ccc(C(=N)N)cc2)C(=O)C(Oc2ccccc2)C(=O)O)cc1. The van der Waals surface area contributed by atoms with Crippen molar-refractivity contribution >= 4 is 23.5 Å². The lowest BCUT2D eigenvalue weighted by Crippen LogP contribution is -2.50. The number of benzene rings is 3. The van der Waals surface area contributed by atoms with Crippen molar-refractivity contribution < 1.29 is 29.0 Å². The van der Waals surface area contributed by atoms with Gasteiger partial charge >= 0.3 is 5.97 Å². The van der Waals surface area contributed by atoms with Crippen molar-refractivity contribution in [3.63, 3.8) is 0 Å². The number of amidine groups is 1. The van der Waals surface area contributed by atoms with E-state index in [1.165, 1.54) is 43.5 Å². The summed E-state index contributed by atoms with van der Waals surface area (Å²) in [5.41, 5.74) is 6.79. The Morgan fingerprint density at radius 2 is 1.51 bits per heavy atom. The van der Waals surface area contributed by atoms with Crippen molar-refractivity contribution in [3.05, 3.63) is 95.6 Å². The molecule has 0 bridgehead atoms. The van der Waals surface area contributed by atoms with Gasteiger partial charge in [-0.2, -0.15) is 0 Å². The molecule has 3 aromatic rings. The summed E-state index contributed by atoms with van der Waals surface area (Å²) in [7, 11) is 1.53. The van der Waals surface area contributed by atoms with Crippen LogP contribution in [0.15, 0.2) is 78.9 Å². The minimum absolute atomic E-state index is 0.0298. The second-order valence-corrected chi connectivity index (χ2v) is 7.62. The molecule has 0 fully saturated rings. The molecule has 9 nitrogen and oxygen atoms in total. The quantitative estimate of drug-likeness (QED) is 0.189. The van der Waals surface area contributed by atoms with Crippen LogP contribution in [0.1, 0.15) is 21.5 Å². The highest BCUT2D eigenvalue weighted by atomic mass is 16.5. The normalized spacial score (nSPS) is 12.1. The van der Waals surface area contributed by atoms with Gasteiger partial charge in [-0.1, -0.05) is 42.5 Å². The van der Waals surface area contributed by atoms with E-state index in [9.17, 15) is 19.5 Å². The molecule has 2 unspecified atom stereocenters. The highest BCUT2D eigenvalue weighted by Crippen LogP contribution is 2.17. The Hall–Kier alpha value is -4.66. The number of rotatable bonds is 11. The third-order valence-electron chi connectivity index (χ3n) is 5.19. The average Bonchev–Trinajstić information content (AvgIpc) is 2.87. The Morgan fingerprint density at radius 3 is 2.06 bits per heavy atom. The van der Waals surface area contributed by atoms with Gasteiger partial charge < -0.3 is 25.6 Å². The molecule has 0 saturated carbocycles. The van der Waals surface area contributed by atoms with Gasteiger partial charge in [-0.3, -0.25) is 15.0 Å². The topological polar surface area (TPSA) is 152 Å². The number of para-hydroxylation sites is 1. The summed E-state index contributed by atoms with van der Waals surface area (Å²) in [5.74, 6) is -2.20. The molecule has 0 saturated heterocycles. The summed E-state index contributed by atoms with van der Waals surface area (Å²) in [5, 5.41) is 19.8. The maximum absolute atomic E-state index is 13.3. The molecule has 0 radical (unpaired) electrons. The molecule has 35 heavy (non-hydrogen) atoms. The standard InChI is InChI=1S/C26H25N3O6/c1-34-19-13-7-16(8-14-19)15-21(29-25(31)18-11-9-17(10-12-18)24(27)28)22(30)23(26(32)33)35-20-5-3-2-4-6-20/h2-14,21,23H,15H2,1H3,(H3,27,28)(H,29,31)(H,32,33). The van der Waals surface area contributed by atoms with E-state index in [1.807, 2.05) is 0 Å². The smallest absolute Gasteiger partial charge is 0.352 e. The van der Waals surface area contributed by atoms with E-state index in [4.69, 9.17) is 20.6 Å². The first-order chi connectivity index (χ1) is 16.8. The van der Waals surface area contributed by atoms with Gasteiger partial charge in [0.25, 0.3) is 12.0 Å². The highest BCUT2D eigenvalue weighted by Gasteiger charge is 2.35. The monoisotopic (exact) mass is 475 g/mol. The predicted octanol–water partition coefficient (Wildman–Crippen LogP) is 2.42. The zero-order chi connectivity index (χ0) is 25.4. The van der Waals surface area contributed by atoms with E-state index in [0.29, 0.717) is 16.9 Å². The molecular weight excluding hydrogens is 450 g/mol. The first kappa shape index (κ1) is 25.0. The molecule has 9 heteroatoms. The van der Waals surface area contributed by atoms with Crippen LogP contribution in [0.4, 0.5) is 0 Å². The maximum Gasteiger partial charge on any atom is 0.352 e. The number of ketones is 1. The second-order valence-electron chi connectivity index (χ2n) is 7.62. The van der Waals surface area contributed by atoms with Crippen LogP contribution in [0, 0.1) is 5.41 Å². The minimum atomic E-state index is -1.83. The summed E-state index contributed by atoms with van der Waals surface area (Å²) in [4.78, 5) is 38.2. The average molecular weight is 476 g/mol. The van der Waals surface area contributed by atoms with Gasteiger partial charge in [0.2, 0.25) is 5.78 Å². The number of carbonyl (C=O) groups excluding carboxylic acids is 2. The molecule has 0 aliphatic carbocycles. The first-order valence-corrected chi connectivity index (χ1v) is 10.6. The largest absolute Gasteiger partial charge is 0.497 e. The zero-order valence-electron chi connectivity index (χ0n) is 18.9. The van der Waals surface area contributed by atoms with Crippen LogP contribution in [0.5, 0.6) is 11.5 Å². The molecule has 0 aliphatic rings. The lowest BCUT2D eigenvalue weighted by atomic mass is 9.98. The van der Waals surface area contributed by atoms with Crippen LogP contribution in [0.25, 0.3) is 0 Å². The van der Waals surface area contributed by atoms with Crippen LogP contribution in [-0.4, -0.2) is 47.9 Å². The molecule has 5 N–H and O–H groups in total. The minimum Gasteiger partial charge on any atom is -0.497 e. The van der Waals surface area contributed by atoms with Crippen molar-refractivity contribution in [2.24, 2.45) is 5.73 Å². The number of nitrogen functional groups attached to an aromatic ring is 1. The Balaban J connectivity index is 1.87.